The summed E-state index contributed by atoms with van der Waals surface area (Å²) in [7, 11) is 1.97. The SMILES string of the molecule is CN1CCOCCOCCOCCOCCOc2cc(C=O)ccc21. The molecule has 0 radical (unpaired) electrons. The van der Waals surface area contributed by atoms with E-state index in [4.69, 9.17) is 23.7 Å². The number of likely N-dealkylation sites (N-methyl/N-ethyl adjacent to an activating group) is 1. The zero-order chi connectivity index (χ0) is 17.7. The second-order valence-corrected chi connectivity index (χ2v) is 5.56. The summed E-state index contributed by atoms with van der Waals surface area (Å²) in [5.74, 6) is 0.663. The second-order valence-electron chi connectivity index (χ2n) is 5.56. The molecule has 0 saturated carbocycles. The van der Waals surface area contributed by atoms with Gasteiger partial charge in [-0.15, -0.1) is 0 Å². The largest absolute Gasteiger partial charge is 0.489 e. The molecule has 0 fully saturated rings. The molecule has 1 aromatic carbocycles. The van der Waals surface area contributed by atoms with Gasteiger partial charge in [-0.3, -0.25) is 4.79 Å². The second kappa shape index (κ2) is 11.8. The number of hydrogen-bond donors (Lipinski definition) is 0. The number of fused-ring (bicyclic) bond motifs is 1. The first-order chi connectivity index (χ1) is 12.3. The molecule has 1 aliphatic rings. The molecular formula is C18H27NO6. The van der Waals surface area contributed by atoms with Crippen molar-refractivity contribution < 1.29 is 28.5 Å². The molecule has 7 nitrogen and oxygen atoms in total. The van der Waals surface area contributed by atoms with Gasteiger partial charge < -0.3 is 28.6 Å². The summed E-state index contributed by atoms with van der Waals surface area (Å²) < 4.78 is 27.7. The van der Waals surface area contributed by atoms with E-state index in [1.807, 2.05) is 18.0 Å². The van der Waals surface area contributed by atoms with E-state index in [0.717, 1.165) is 12.0 Å². The van der Waals surface area contributed by atoms with Crippen LogP contribution in [0.15, 0.2) is 18.2 Å². The van der Waals surface area contributed by atoms with Crippen molar-refractivity contribution in [2.45, 2.75) is 0 Å². The average Bonchev–Trinajstić information content (AvgIpc) is 2.63. The quantitative estimate of drug-likeness (QED) is 0.707. The van der Waals surface area contributed by atoms with Crippen molar-refractivity contribution in [3.8, 4) is 5.75 Å². The van der Waals surface area contributed by atoms with Crippen LogP contribution in [0.3, 0.4) is 0 Å². The molecule has 2 rings (SSSR count). The van der Waals surface area contributed by atoms with Crippen LogP contribution in [-0.4, -0.2) is 79.3 Å². The fourth-order valence-electron chi connectivity index (χ4n) is 2.33. The molecule has 0 unspecified atom stereocenters. The van der Waals surface area contributed by atoms with Crippen molar-refractivity contribution in [3.63, 3.8) is 0 Å². The lowest BCUT2D eigenvalue weighted by Crippen LogP contribution is -2.24. The monoisotopic (exact) mass is 353 g/mol. The van der Waals surface area contributed by atoms with Gasteiger partial charge in [0, 0.05) is 19.2 Å². The molecule has 0 amide bonds. The minimum absolute atomic E-state index is 0.406. The van der Waals surface area contributed by atoms with E-state index in [1.54, 1.807) is 12.1 Å². The zero-order valence-corrected chi connectivity index (χ0v) is 14.8. The van der Waals surface area contributed by atoms with Gasteiger partial charge in [0.15, 0.2) is 0 Å². The molecule has 25 heavy (non-hydrogen) atoms. The summed E-state index contributed by atoms with van der Waals surface area (Å²) in [4.78, 5) is 13.1. The van der Waals surface area contributed by atoms with E-state index >= 15 is 0 Å². The Morgan fingerprint density at radius 2 is 1.40 bits per heavy atom. The third-order valence-electron chi connectivity index (χ3n) is 3.70. The van der Waals surface area contributed by atoms with Gasteiger partial charge in [0.25, 0.3) is 0 Å². The van der Waals surface area contributed by atoms with Gasteiger partial charge in [-0.2, -0.15) is 0 Å². The highest BCUT2D eigenvalue weighted by atomic mass is 16.6. The van der Waals surface area contributed by atoms with Crippen LogP contribution in [0.5, 0.6) is 5.75 Å². The number of carbonyl (C=O) groups is 1. The number of rotatable bonds is 1. The Morgan fingerprint density at radius 3 is 2.00 bits per heavy atom. The predicted molar refractivity (Wildman–Crippen MR) is 93.9 cm³/mol. The molecule has 0 saturated heterocycles. The van der Waals surface area contributed by atoms with Crippen molar-refractivity contribution in [1.29, 1.82) is 0 Å². The highest BCUT2D eigenvalue weighted by Gasteiger charge is 2.10. The van der Waals surface area contributed by atoms with Crippen molar-refractivity contribution >= 4 is 12.0 Å². The van der Waals surface area contributed by atoms with Crippen molar-refractivity contribution in [2.24, 2.45) is 0 Å². The smallest absolute Gasteiger partial charge is 0.150 e. The fourth-order valence-corrected chi connectivity index (χ4v) is 2.33. The molecule has 0 atom stereocenters. The Morgan fingerprint density at radius 1 is 0.840 bits per heavy atom. The molecule has 0 aromatic heterocycles. The van der Waals surface area contributed by atoms with Crippen LogP contribution in [0.4, 0.5) is 5.69 Å². The number of carbonyl (C=O) groups excluding carboxylic acids is 1. The van der Waals surface area contributed by atoms with Gasteiger partial charge in [0.1, 0.15) is 18.6 Å². The van der Waals surface area contributed by atoms with Crippen molar-refractivity contribution in [1.82, 2.24) is 0 Å². The van der Waals surface area contributed by atoms with E-state index in [1.165, 1.54) is 0 Å². The number of hydrogen-bond acceptors (Lipinski definition) is 7. The van der Waals surface area contributed by atoms with Crippen molar-refractivity contribution in [3.05, 3.63) is 23.8 Å². The maximum Gasteiger partial charge on any atom is 0.150 e. The Bertz CT molecular complexity index is 510. The first-order valence-electron chi connectivity index (χ1n) is 8.55. The first-order valence-corrected chi connectivity index (χ1v) is 8.55. The summed E-state index contributed by atoms with van der Waals surface area (Å²) in [6.07, 6.45) is 0.812. The predicted octanol–water partition coefficient (Wildman–Crippen LogP) is 1.39. The Hall–Kier alpha value is -1.67. The van der Waals surface area contributed by atoms with E-state index in [-0.39, 0.29) is 0 Å². The van der Waals surface area contributed by atoms with Crippen molar-refractivity contribution in [2.75, 3.05) is 78.0 Å². The molecular weight excluding hydrogens is 326 g/mol. The van der Waals surface area contributed by atoms with Gasteiger partial charge in [0.05, 0.1) is 58.5 Å². The Balaban J connectivity index is 1.97. The number of ether oxygens (including phenoxy) is 5. The summed E-state index contributed by atoms with van der Waals surface area (Å²) >= 11 is 0. The van der Waals surface area contributed by atoms with Gasteiger partial charge in [-0.25, -0.2) is 0 Å². The molecule has 140 valence electrons. The Labute approximate surface area is 148 Å². The number of aldehydes is 1. The molecule has 1 heterocycles. The van der Waals surface area contributed by atoms with Gasteiger partial charge in [-0.1, -0.05) is 0 Å². The fraction of sp³-hybridized carbons (Fsp3) is 0.611. The molecule has 0 N–H and O–H groups in total. The van der Waals surface area contributed by atoms with Gasteiger partial charge >= 0.3 is 0 Å². The molecule has 7 heteroatoms. The van der Waals surface area contributed by atoms with Crippen LogP contribution in [0.1, 0.15) is 10.4 Å². The standard InChI is InChI=1S/C18H27NO6/c1-19-4-5-21-6-7-22-8-9-23-10-11-24-12-13-25-18-14-16(15-20)2-3-17(18)19/h2-3,14-15H,4-13H2,1H3. The highest BCUT2D eigenvalue weighted by Crippen LogP contribution is 2.28. The third-order valence-corrected chi connectivity index (χ3v) is 3.70. The number of anilines is 1. The normalized spacial score (nSPS) is 19.2. The zero-order valence-electron chi connectivity index (χ0n) is 14.8. The van der Waals surface area contributed by atoms with Crippen LogP contribution < -0.4 is 9.64 Å². The van der Waals surface area contributed by atoms with E-state index < -0.39 is 0 Å². The van der Waals surface area contributed by atoms with Crippen LogP contribution in [0.2, 0.25) is 0 Å². The third kappa shape index (κ3) is 7.39. The summed E-state index contributed by atoms with van der Waals surface area (Å²) in [5.41, 5.74) is 1.49. The van der Waals surface area contributed by atoms with E-state index in [9.17, 15) is 4.79 Å². The Kier molecular flexibility index (Phi) is 9.28. The summed E-state index contributed by atoms with van der Waals surface area (Å²) in [6, 6.07) is 5.41. The van der Waals surface area contributed by atoms with Crippen LogP contribution in [0, 0.1) is 0 Å². The highest BCUT2D eigenvalue weighted by molar-refractivity contribution is 5.78. The number of benzene rings is 1. The molecule has 0 aliphatic carbocycles. The van der Waals surface area contributed by atoms with Gasteiger partial charge in [0.2, 0.25) is 0 Å². The summed E-state index contributed by atoms with van der Waals surface area (Å²) in [5, 5.41) is 0. The molecule has 1 aliphatic heterocycles. The lowest BCUT2D eigenvalue weighted by Gasteiger charge is -2.23. The van der Waals surface area contributed by atoms with Crippen LogP contribution in [0.25, 0.3) is 0 Å². The lowest BCUT2D eigenvalue weighted by molar-refractivity contribution is -0.00421. The molecule has 0 bridgehead atoms. The minimum Gasteiger partial charge on any atom is -0.489 e. The topological polar surface area (TPSA) is 66.5 Å². The average molecular weight is 353 g/mol. The van der Waals surface area contributed by atoms with E-state index in [2.05, 4.69) is 0 Å². The van der Waals surface area contributed by atoms with E-state index in [0.29, 0.717) is 77.3 Å². The minimum atomic E-state index is 0.406. The summed E-state index contributed by atoms with van der Waals surface area (Å²) in [6.45, 7) is 5.37. The van der Waals surface area contributed by atoms with Gasteiger partial charge in [-0.05, 0) is 18.2 Å². The maximum atomic E-state index is 11.0. The number of nitrogens with zero attached hydrogens (tertiary/aromatic N) is 1. The molecule has 1 aromatic rings. The van der Waals surface area contributed by atoms with Crippen LogP contribution >= 0.6 is 0 Å². The lowest BCUT2D eigenvalue weighted by atomic mass is 10.2. The maximum absolute atomic E-state index is 11.0. The van der Waals surface area contributed by atoms with Crippen LogP contribution in [-0.2, 0) is 18.9 Å². The molecule has 0 spiro atoms. The first kappa shape index (κ1) is 19.7.